The Morgan fingerprint density at radius 3 is 2.68 bits per heavy atom. The molecule has 28 heavy (non-hydrogen) atoms. The van der Waals surface area contributed by atoms with E-state index in [0.29, 0.717) is 22.2 Å². The van der Waals surface area contributed by atoms with Gasteiger partial charge in [-0.25, -0.2) is 0 Å². The van der Waals surface area contributed by atoms with Gasteiger partial charge in [-0.3, -0.25) is 4.79 Å². The quantitative estimate of drug-likeness (QED) is 0.400. The van der Waals surface area contributed by atoms with Gasteiger partial charge < -0.3 is 10.1 Å². The second-order valence-corrected chi connectivity index (χ2v) is 7.85. The highest BCUT2D eigenvalue weighted by molar-refractivity contribution is 7.12. The van der Waals surface area contributed by atoms with Crippen molar-refractivity contribution < 1.29 is 9.53 Å². The molecule has 0 saturated heterocycles. The summed E-state index contributed by atoms with van der Waals surface area (Å²) < 4.78 is 5.90. The van der Waals surface area contributed by atoms with Crippen LogP contribution < -0.4 is 10.1 Å². The molecule has 1 N–H and O–H groups in total. The lowest BCUT2D eigenvalue weighted by Gasteiger charge is -2.06. The van der Waals surface area contributed by atoms with Gasteiger partial charge in [0.2, 0.25) is 0 Å². The molecule has 3 aromatic carbocycles. The molecule has 0 spiro atoms. The largest absolute Gasteiger partial charge is 0.489 e. The summed E-state index contributed by atoms with van der Waals surface area (Å²) in [4.78, 5) is 13.1. The summed E-state index contributed by atoms with van der Waals surface area (Å²) >= 11 is 7.51. The lowest BCUT2D eigenvalue weighted by Crippen LogP contribution is -2.10. The maximum Gasteiger partial charge on any atom is 0.265 e. The zero-order chi connectivity index (χ0) is 19.5. The molecule has 1 heterocycles. The molecule has 1 aromatic heterocycles. The van der Waals surface area contributed by atoms with Crippen LogP contribution in [-0.2, 0) is 6.61 Å². The van der Waals surface area contributed by atoms with E-state index in [2.05, 4.69) is 17.4 Å². The fourth-order valence-electron chi connectivity index (χ4n) is 2.86. The zero-order valence-corrected chi connectivity index (χ0v) is 16.8. The average Bonchev–Trinajstić information content (AvgIpc) is 3.18. The molecule has 0 bridgehead atoms. The van der Waals surface area contributed by atoms with E-state index in [9.17, 15) is 4.79 Å². The van der Waals surface area contributed by atoms with Crippen LogP contribution >= 0.6 is 22.9 Å². The van der Waals surface area contributed by atoms with Gasteiger partial charge in [-0.15, -0.1) is 11.3 Å². The number of nitrogens with one attached hydrogen (secondary N) is 1. The minimum atomic E-state index is -0.151. The number of fused-ring (bicyclic) bond motifs is 1. The van der Waals surface area contributed by atoms with Gasteiger partial charge in [0, 0.05) is 16.3 Å². The van der Waals surface area contributed by atoms with Crippen molar-refractivity contribution in [3.63, 3.8) is 0 Å². The highest BCUT2D eigenvalue weighted by Gasteiger charge is 2.11. The first kappa shape index (κ1) is 18.5. The monoisotopic (exact) mass is 407 g/mol. The molecule has 4 rings (SSSR count). The van der Waals surface area contributed by atoms with Gasteiger partial charge in [0.15, 0.2) is 0 Å². The van der Waals surface area contributed by atoms with Gasteiger partial charge >= 0.3 is 0 Å². The van der Waals surface area contributed by atoms with Crippen LogP contribution in [0.5, 0.6) is 5.75 Å². The Morgan fingerprint density at radius 1 is 1.04 bits per heavy atom. The normalized spacial score (nSPS) is 10.8. The summed E-state index contributed by atoms with van der Waals surface area (Å²) in [5.41, 5.74) is 2.62. The number of halogens is 1. The first-order valence-electron chi connectivity index (χ1n) is 8.85. The lowest BCUT2D eigenvalue weighted by atomic mass is 10.1. The smallest absolute Gasteiger partial charge is 0.265 e. The first-order chi connectivity index (χ1) is 13.6. The van der Waals surface area contributed by atoms with Crippen LogP contribution in [0.1, 0.15) is 20.8 Å². The van der Waals surface area contributed by atoms with Gasteiger partial charge in [-0.2, -0.15) is 0 Å². The van der Waals surface area contributed by atoms with E-state index in [1.165, 1.54) is 16.7 Å². The number of rotatable bonds is 5. The van der Waals surface area contributed by atoms with Crippen molar-refractivity contribution in [2.45, 2.75) is 13.5 Å². The maximum absolute atomic E-state index is 12.5. The Hall–Kier alpha value is -2.82. The Labute approximate surface area is 172 Å². The van der Waals surface area contributed by atoms with Crippen LogP contribution in [0, 0.1) is 6.92 Å². The fourth-order valence-corrected chi connectivity index (χ4v) is 3.83. The molecule has 0 radical (unpaired) electrons. The Balaban J connectivity index is 1.40. The maximum atomic E-state index is 12.5. The van der Waals surface area contributed by atoms with Gasteiger partial charge in [-0.1, -0.05) is 48.0 Å². The third kappa shape index (κ3) is 4.19. The highest BCUT2D eigenvalue weighted by Crippen LogP contribution is 2.24. The van der Waals surface area contributed by atoms with E-state index in [1.54, 1.807) is 6.07 Å². The number of aryl methyl sites for hydroxylation is 1. The Kier molecular flexibility index (Phi) is 5.33. The van der Waals surface area contributed by atoms with Gasteiger partial charge in [0.25, 0.3) is 5.91 Å². The summed E-state index contributed by atoms with van der Waals surface area (Å²) in [5, 5.41) is 7.78. The number of amides is 1. The Bertz CT molecular complexity index is 1150. The van der Waals surface area contributed by atoms with Crippen molar-refractivity contribution >= 4 is 45.3 Å². The number of carbonyl (C=O) groups is 1. The molecule has 0 aliphatic heterocycles. The summed E-state index contributed by atoms with van der Waals surface area (Å²) in [6.07, 6.45) is 0. The molecule has 5 heteroatoms. The summed E-state index contributed by atoms with van der Waals surface area (Å²) in [7, 11) is 0. The number of anilines is 1. The molecule has 0 aliphatic carbocycles. The van der Waals surface area contributed by atoms with Crippen molar-refractivity contribution in [2.24, 2.45) is 0 Å². The second kappa shape index (κ2) is 8.05. The van der Waals surface area contributed by atoms with Gasteiger partial charge in [0.05, 0.1) is 4.88 Å². The van der Waals surface area contributed by atoms with Gasteiger partial charge in [0.1, 0.15) is 12.4 Å². The van der Waals surface area contributed by atoms with Crippen LogP contribution in [0.25, 0.3) is 10.8 Å². The molecule has 0 fully saturated rings. The molecule has 0 aliphatic rings. The molecule has 0 atom stereocenters. The lowest BCUT2D eigenvalue weighted by molar-refractivity contribution is 0.103. The number of hydrogen-bond donors (Lipinski definition) is 1. The SMILES string of the molecule is Cc1ccc(NC(=O)c2cc(COc3ccc4ccccc4c3)cs2)cc1Cl. The van der Waals surface area contributed by atoms with E-state index in [4.69, 9.17) is 16.3 Å². The summed E-state index contributed by atoms with van der Waals surface area (Å²) in [5.74, 6) is 0.659. The van der Waals surface area contributed by atoms with Crippen LogP contribution in [0.15, 0.2) is 72.1 Å². The predicted molar refractivity (Wildman–Crippen MR) is 117 cm³/mol. The summed E-state index contributed by atoms with van der Waals surface area (Å²) in [6.45, 7) is 2.34. The van der Waals surface area contributed by atoms with Crippen LogP contribution in [0.2, 0.25) is 5.02 Å². The Morgan fingerprint density at radius 2 is 1.86 bits per heavy atom. The molecule has 4 aromatic rings. The molecule has 140 valence electrons. The van der Waals surface area contributed by atoms with Crippen molar-refractivity contribution in [3.05, 3.63) is 93.1 Å². The van der Waals surface area contributed by atoms with Gasteiger partial charge in [-0.05, 0) is 59.0 Å². The minimum absolute atomic E-state index is 0.151. The number of carbonyl (C=O) groups excluding carboxylic acids is 1. The minimum Gasteiger partial charge on any atom is -0.489 e. The van der Waals surface area contributed by atoms with Crippen LogP contribution in [0.4, 0.5) is 5.69 Å². The summed E-state index contributed by atoms with van der Waals surface area (Å²) in [6, 6.07) is 21.5. The number of ether oxygens (including phenoxy) is 1. The van der Waals surface area contributed by atoms with Crippen molar-refractivity contribution in [1.82, 2.24) is 0 Å². The molecule has 0 saturated carbocycles. The third-order valence-corrected chi connectivity index (χ3v) is 5.82. The van der Waals surface area contributed by atoms with Crippen molar-refractivity contribution in [1.29, 1.82) is 0 Å². The van der Waals surface area contributed by atoms with E-state index in [-0.39, 0.29) is 5.91 Å². The van der Waals surface area contributed by atoms with Crippen LogP contribution in [-0.4, -0.2) is 5.91 Å². The topological polar surface area (TPSA) is 38.3 Å². The van der Waals surface area contributed by atoms with E-state index in [0.717, 1.165) is 22.3 Å². The number of benzene rings is 3. The molecule has 1 amide bonds. The molecular weight excluding hydrogens is 390 g/mol. The van der Waals surface area contributed by atoms with E-state index >= 15 is 0 Å². The predicted octanol–water partition coefficient (Wildman–Crippen LogP) is 6.69. The fraction of sp³-hybridized carbons (Fsp3) is 0.0870. The van der Waals surface area contributed by atoms with Crippen molar-refractivity contribution in [2.75, 3.05) is 5.32 Å². The molecule has 3 nitrogen and oxygen atoms in total. The zero-order valence-electron chi connectivity index (χ0n) is 15.2. The molecular formula is C23H18ClNO2S. The standard InChI is InChI=1S/C23H18ClNO2S/c1-15-6-8-19(12-21(15)24)25-23(26)22-10-16(14-28-22)13-27-20-9-7-17-4-2-3-5-18(17)11-20/h2-12,14H,13H2,1H3,(H,25,26). The number of hydrogen-bond acceptors (Lipinski definition) is 3. The highest BCUT2D eigenvalue weighted by atomic mass is 35.5. The van der Waals surface area contributed by atoms with Crippen LogP contribution in [0.3, 0.4) is 0 Å². The van der Waals surface area contributed by atoms with E-state index in [1.807, 2.05) is 60.8 Å². The first-order valence-corrected chi connectivity index (χ1v) is 10.1. The number of thiophene rings is 1. The average molecular weight is 408 g/mol. The van der Waals surface area contributed by atoms with E-state index < -0.39 is 0 Å². The third-order valence-electron chi connectivity index (χ3n) is 4.43. The van der Waals surface area contributed by atoms with Crippen molar-refractivity contribution in [3.8, 4) is 5.75 Å². The molecule has 0 unspecified atom stereocenters. The second-order valence-electron chi connectivity index (χ2n) is 6.53.